The molecule has 0 radical (unpaired) electrons. The minimum absolute atomic E-state index is 0.251. The van der Waals surface area contributed by atoms with Gasteiger partial charge in [-0.3, -0.25) is 0 Å². The van der Waals surface area contributed by atoms with Gasteiger partial charge in [-0.15, -0.1) is 0 Å². The van der Waals surface area contributed by atoms with Crippen molar-refractivity contribution in [3.05, 3.63) is 48.7 Å². The van der Waals surface area contributed by atoms with Crippen LogP contribution in [0.25, 0.3) is 0 Å². The summed E-state index contributed by atoms with van der Waals surface area (Å²) in [6.45, 7) is 5.34. The fourth-order valence-corrected chi connectivity index (χ4v) is 1.44. The van der Waals surface area contributed by atoms with Gasteiger partial charge in [0.1, 0.15) is 6.10 Å². The second kappa shape index (κ2) is 6.67. The molecule has 1 unspecified atom stereocenters. The lowest BCUT2D eigenvalue weighted by atomic mass is 10.1. The molecular weight excluding hydrogens is 204 g/mol. The van der Waals surface area contributed by atoms with Gasteiger partial charge in [-0.25, -0.2) is 4.79 Å². The summed E-state index contributed by atoms with van der Waals surface area (Å²) in [6, 6.07) is 9.62. The highest BCUT2D eigenvalue weighted by atomic mass is 16.7. The van der Waals surface area contributed by atoms with Crippen molar-refractivity contribution in [2.75, 3.05) is 0 Å². The van der Waals surface area contributed by atoms with Gasteiger partial charge in [0.15, 0.2) is 0 Å². The Morgan fingerprint density at radius 3 is 2.69 bits per heavy atom. The first kappa shape index (κ1) is 12.3. The predicted molar refractivity (Wildman–Crippen MR) is 61.9 cm³/mol. The maximum absolute atomic E-state index is 11.2. The summed E-state index contributed by atoms with van der Waals surface area (Å²) in [4.78, 5) is 11.2. The molecule has 0 N–H and O–H groups in total. The summed E-state index contributed by atoms with van der Waals surface area (Å²) in [5.74, 6) is 0. The van der Waals surface area contributed by atoms with E-state index in [1.807, 2.05) is 37.3 Å². The van der Waals surface area contributed by atoms with E-state index < -0.39 is 6.16 Å². The van der Waals surface area contributed by atoms with Crippen molar-refractivity contribution in [3.63, 3.8) is 0 Å². The Bertz CT molecular complexity index is 332. The Labute approximate surface area is 95.7 Å². The third-order valence-corrected chi connectivity index (χ3v) is 2.14. The van der Waals surface area contributed by atoms with Crippen molar-refractivity contribution in [2.24, 2.45) is 0 Å². The molecule has 0 saturated heterocycles. The molecule has 0 spiro atoms. The number of hydrogen-bond donors (Lipinski definition) is 0. The lowest BCUT2D eigenvalue weighted by molar-refractivity contribution is 0.0424. The monoisotopic (exact) mass is 220 g/mol. The van der Waals surface area contributed by atoms with Gasteiger partial charge in [-0.05, 0) is 12.0 Å². The van der Waals surface area contributed by atoms with Crippen LogP contribution >= 0.6 is 0 Å². The van der Waals surface area contributed by atoms with Crippen LogP contribution in [-0.4, -0.2) is 6.16 Å². The first-order valence-electron chi connectivity index (χ1n) is 5.31. The molecule has 86 valence electrons. The summed E-state index contributed by atoms with van der Waals surface area (Å²) < 4.78 is 9.73. The van der Waals surface area contributed by atoms with E-state index in [0.29, 0.717) is 0 Å². The number of hydrogen-bond acceptors (Lipinski definition) is 3. The summed E-state index contributed by atoms with van der Waals surface area (Å²) in [5, 5.41) is 0. The minimum atomic E-state index is -0.711. The molecule has 1 atom stereocenters. The number of rotatable bonds is 5. The van der Waals surface area contributed by atoms with Crippen molar-refractivity contribution in [1.29, 1.82) is 0 Å². The van der Waals surface area contributed by atoms with Crippen LogP contribution in [0.15, 0.2) is 43.2 Å². The first-order chi connectivity index (χ1) is 7.77. The molecular formula is C13H16O3. The topological polar surface area (TPSA) is 35.5 Å². The van der Waals surface area contributed by atoms with Gasteiger partial charge >= 0.3 is 6.16 Å². The molecule has 0 saturated carbocycles. The fourth-order valence-electron chi connectivity index (χ4n) is 1.44. The van der Waals surface area contributed by atoms with E-state index in [-0.39, 0.29) is 6.10 Å². The normalized spacial score (nSPS) is 11.6. The Kier molecular flexibility index (Phi) is 5.12. The second-order valence-electron chi connectivity index (χ2n) is 3.34. The number of benzene rings is 1. The maximum atomic E-state index is 11.2. The quantitative estimate of drug-likeness (QED) is 0.559. The summed E-state index contributed by atoms with van der Waals surface area (Å²) in [6.07, 6.45) is 1.81. The molecule has 0 aliphatic rings. The van der Waals surface area contributed by atoms with Gasteiger partial charge in [0, 0.05) is 0 Å². The van der Waals surface area contributed by atoms with Crippen molar-refractivity contribution in [3.8, 4) is 0 Å². The summed E-state index contributed by atoms with van der Waals surface area (Å²) in [7, 11) is 0. The van der Waals surface area contributed by atoms with E-state index in [0.717, 1.165) is 24.7 Å². The zero-order valence-electron chi connectivity index (χ0n) is 9.39. The van der Waals surface area contributed by atoms with Gasteiger partial charge in [-0.2, -0.15) is 0 Å². The Morgan fingerprint density at radius 2 is 2.12 bits per heavy atom. The summed E-state index contributed by atoms with van der Waals surface area (Å²) in [5.41, 5.74) is 0.977. The van der Waals surface area contributed by atoms with E-state index in [1.165, 1.54) is 0 Å². The zero-order valence-corrected chi connectivity index (χ0v) is 9.39. The molecule has 3 nitrogen and oxygen atoms in total. The molecule has 0 bridgehead atoms. The van der Waals surface area contributed by atoms with Crippen LogP contribution in [0.2, 0.25) is 0 Å². The molecule has 16 heavy (non-hydrogen) atoms. The van der Waals surface area contributed by atoms with Crippen LogP contribution in [0.3, 0.4) is 0 Å². The standard InChI is InChI=1S/C13H16O3/c1-3-8-12(16-13(14)15-4-2)11-9-6-5-7-10-11/h4-7,9-10,12H,2-3,8H2,1H3. The number of ether oxygens (including phenoxy) is 2. The minimum Gasteiger partial charge on any atom is -0.426 e. The fraction of sp³-hybridized carbons (Fsp3) is 0.308. The SMILES string of the molecule is C=COC(=O)OC(CCC)c1ccccc1. The van der Waals surface area contributed by atoms with E-state index in [9.17, 15) is 4.79 Å². The highest BCUT2D eigenvalue weighted by molar-refractivity contribution is 5.61. The highest BCUT2D eigenvalue weighted by Crippen LogP contribution is 2.22. The molecule has 3 heteroatoms. The van der Waals surface area contributed by atoms with Crippen LogP contribution < -0.4 is 0 Å². The van der Waals surface area contributed by atoms with Crippen molar-refractivity contribution in [1.82, 2.24) is 0 Å². The molecule has 1 rings (SSSR count). The highest BCUT2D eigenvalue weighted by Gasteiger charge is 2.15. The molecule has 0 amide bonds. The van der Waals surface area contributed by atoms with Crippen molar-refractivity contribution >= 4 is 6.16 Å². The van der Waals surface area contributed by atoms with Gasteiger partial charge in [0.2, 0.25) is 0 Å². The lowest BCUT2D eigenvalue weighted by Crippen LogP contribution is -2.10. The zero-order chi connectivity index (χ0) is 11.8. The van der Waals surface area contributed by atoms with Crippen LogP contribution in [0, 0.1) is 0 Å². The van der Waals surface area contributed by atoms with E-state index in [4.69, 9.17) is 4.74 Å². The molecule has 1 aromatic carbocycles. The third-order valence-electron chi connectivity index (χ3n) is 2.14. The van der Waals surface area contributed by atoms with Crippen molar-refractivity contribution < 1.29 is 14.3 Å². The van der Waals surface area contributed by atoms with Gasteiger partial charge < -0.3 is 9.47 Å². The lowest BCUT2D eigenvalue weighted by Gasteiger charge is -2.16. The average Bonchev–Trinajstić information content (AvgIpc) is 2.30. The van der Waals surface area contributed by atoms with Crippen LogP contribution in [0.4, 0.5) is 4.79 Å². The van der Waals surface area contributed by atoms with Gasteiger partial charge in [0.05, 0.1) is 6.26 Å². The summed E-state index contributed by atoms with van der Waals surface area (Å²) >= 11 is 0. The number of carbonyl (C=O) groups is 1. The van der Waals surface area contributed by atoms with E-state index >= 15 is 0 Å². The third kappa shape index (κ3) is 3.77. The van der Waals surface area contributed by atoms with Crippen LogP contribution in [0.1, 0.15) is 31.4 Å². The molecule has 1 aromatic rings. The second-order valence-corrected chi connectivity index (χ2v) is 3.34. The van der Waals surface area contributed by atoms with Crippen LogP contribution in [0.5, 0.6) is 0 Å². The van der Waals surface area contributed by atoms with Crippen molar-refractivity contribution in [2.45, 2.75) is 25.9 Å². The van der Waals surface area contributed by atoms with Crippen LogP contribution in [-0.2, 0) is 9.47 Å². The average molecular weight is 220 g/mol. The largest absolute Gasteiger partial charge is 0.513 e. The molecule has 0 fully saturated rings. The number of carbonyl (C=O) groups excluding carboxylic acids is 1. The van der Waals surface area contributed by atoms with Gasteiger partial charge in [0.25, 0.3) is 0 Å². The predicted octanol–water partition coefficient (Wildman–Crippen LogP) is 3.82. The molecule has 0 aromatic heterocycles. The Morgan fingerprint density at radius 1 is 1.44 bits per heavy atom. The smallest absolute Gasteiger partial charge is 0.426 e. The maximum Gasteiger partial charge on any atom is 0.513 e. The Hall–Kier alpha value is -1.77. The van der Waals surface area contributed by atoms with E-state index in [2.05, 4.69) is 11.3 Å². The van der Waals surface area contributed by atoms with Gasteiger partial charge in [-0.1, -0.05) is 50.3 Å². The Balaban J connectivity index is 2.68. The van der Waals surface area contributed by atoms with E-state index in [1.54, 1.807) is 0 Å². The first-order valence-corrected chi connectivity index (χ1v) is 5.31. The molecule has 0 aliphatic carbocycles. The molecule has 0 aliphatic heterocycles. The molecule has 0 heterocycles.